The van der Waals surface area contributed by atoms with Gasteiger partial charge in [0.25, 0.3) is 6.73 Å². The van der Waals surface area contributed by atoms with E-state index in [0.717, 1.165) is 0 Å². The largest absolute Gasteiger partial charge is 0.264 e. The average Bonchev–Trinajstić information content (AvgIpc) is 2.12. The third-order valence-electron chi connectivity index (χ3n) is 1.90. The summed E-state index contributed by atoms with van der Waals surface area (Å²) in [6, 6.07) is 0. The normalized spacial score (nSPS) is 28.9. The van der Waals surface area contributed by atoms with Gasteiger partial charge < -0.3 is 0 Å². The summed E-state index contributed by atoms with van der Waals surface area (Å²) < 4.78 is 0.713. The number of hydrogen-bond donors (Lipinski definition) is 0. The van der Waals surface area contributed by atoms with E-state index in [2.05, 4.69) is 0 Å². The van der Waals surface area contributed by atoms with E-state index in [1.54, 1.807) is 5.06 Å². The molecule has 0 aromatic heterocycles. The minimum atomic E-state index is 0.357. The Morgan fingerprint density at radius 3 is 2.14 bits per heavy atom. The quantitative estimate of drug-likeness (QED) is 0.513. The fourth-order valence-corrected chi connectivity index (χ4v) is 0.882. The van der Waals surface area contributed by atoms with Crippen molar-refractivity contribution in [2.45, 2.75) is 0 Å². The number of hydroxylamine groups is 8. The lowest BCUT2D eigenvalue weighted by atomic mass is 10.8. The number of nitrogens with zero attached hydrogens (tertiary/aromatic N) is 3. The van der Waals surface area contributed by atoms with E-state index >= 15 is 0 Å². The maximum atomic E-state index is 5.65. The van der Waals surface area contributed by atoms with Crippen LogP contribution in [0.25, 0.3) is 0 Å². The first-order valence-electron chi connectivity index (χ1n) is 4.60. The van der Waals surface area contributed by atoms with Crippen molar-refractivity contribution in [3.8, 4) is 0 Å². The second-order valence-electron chi connectivity index (χ2n) is 4.55. The smallest absolute Gasteiger partial charge is 0.239 e. The highest BCUT2D eigenvalue weighted by atomic mass is 16.9. The lowest BCUT2D eigenvalue weighted by Crippen LogP contribution is -2.48. The molecule has 6 heteroatoms. The molecule has 0 unspecified atom stereocenters. The van der Waals surface area contributed by atoms with Gasteiger partial charge in [0.2, 0.25) is 6.73 Å². The maximum Gasteiger partial charge on any atom is 0.264 e. The van der Waals surface area contributed by atoms with E-state index in [4.69, 9.17) is 14.5 Å². The molecule has 0 amide bonds. The Bertz CT molecular complexity index is 176. The summed E-state index contributed by atoms with van der Waals surface area (Å²) in [6.07, 6.45) is 0. The van der Waals surface area contributed by atoms with Gasteiger partial charge in [-0.3, -0.25) is 0 Å². The van der Waals surface area contributed by atoms with Crippen LogP contribution in [0.3, 0.4) is 0 Å². The first-order chi connectivity index (χ1) is 6.31. The molecule has 1 heterocycles. The van der Waals surface area contributed by atoms with Crippen LogP contribution in [0.5, 0.6) is 0 Å². The number of rotatable bonds is 0. The molecule has 1 fully saturated rings. The van der Waals surface area contributed by atoms with E-state index in [1.807, 2.05) is 35.2 Å². The molecule has 1 aliphatic rings. The highest BCUT2D eigenvalue weighted by Crippen LogP contribution is 2.09. The zero-order valence-corrected chi connectivity index (χ0v) is 9.69. The molecule has 84 valence electrons. The lowest BCUT2D eigenvalue weighted by molar-refractivity contribution is -1.17. The Morgan fingerprint density at radius 2 is 1.50 bits per heavy atom. The third-order valence-corrected chi connectivity index (χ3v) is 1.90. The van der Waals surface area contributed by atoms with Gasteiger partial charge >= 0.3 is 0 Å². The van der Waals surface area contributed by atoms with E-state index < -0.39 is 0 Å². The molecule has 0 saturated carbocycles. The predicted octanol–water partition coefficient (Wildman–Crippen LogP) is -0.248. The molecule has 14 heavy (non-hydrogen) atoms. The topological polar surface area (TPSA) is 30.9 Å². The Balaban J connectivity index is 2.62. The first kappa shape index (κ1) is 11.8. The van der Waals surface area contributed by atoms with Gasteiger partial charge in [0, 0.05) is 7.05 Å². The monoisotopic (exact) mass is 207 g/mol. The molecule has 1 aliphatic heterocycles. The van der Waals surface area contributed by atoms with Crippen molar-refractivity contribution >= 4 is 0 Å². The summed E-state index contributed by atoms with van der Waals surface area (Å²) in [7, 11) is 9.61. The van der Waals surface area contributed by atoms with Crippen LogP contribution in [0.4, 0.5) is 0 Å². The molecule has 6 nitrogen and oxygen atoms in total. The Morgan fingerprint density at radius 1 is 0.929 bits per heavy atom. The predicted molar refractivity (Wildman–Crippen MR) is 49.8 cm³/mol. The molecule has 0 spiro atoms. The fraction of sp³-hybridized carbons (Fsp3) is 1.00. The highest BCUT2D eigenvalue weighted by molar-refractivity contribution is 4.16. The third kappa shape index (κ3) is 3.87. The summed E-state index contributed by atoms with van der Waals surface area (Å²) in [4.78, 5) is 16.6. The molecule has 0 N–H and O–H groups in total. The van der Waals surface area contributed by atoms with Gasteiger partial charge in [-0.1, -0.05) is 0 Å². The molecular weight excluding hydrogens is 186 g/mol. The van der Waals surface area contributed by atoms with E-state index in [-0.39, 0.29) is 0 Å². The van der Waals surface area contributed by atoms with E-state index in [0.29, 0.717) is 29.5 Å². The molecule has 1 rings (SSSR count). The van der Waals surface area contributed by atoms with Crippen LogP contribution in [0, 0.1) is 0 Å². The zero-order chi connectivity index (χ0) is 10.8. The molecule has 0 radical (unpaired) electrons. The highest BCUT2D eigenvalue weighted by Gasteiger charge is 2.29. The van der Waals surface area contributed by atoms with Crippen LogP contribution < -0.4 is 0 Å². The minimum Gasteiger partial charge on any atom is -0.239 e. The van der Waals surface area contributed by atoms with Crippen LogP contribution in [0.2, 0.25) is 0 Å². The second-order valence-corrected chi connectivity index (χ2v) is 4.55. The van der Waals surface area contributed by atoms with E-state index in [1.165, 1.54) is 0 Å². The standard InChI is InChI=1S/C8H21N3O3/c1-9-6-13-11(4,5)8-14-10(2,3)7-12-9/h6-8H2,1-5H3/q+2. The van der Waals surface area contributed by atoms with Gasteiger partial charge in [0.1, 0.15) is 28.2 Å². The summed E-state index contributed by atoms with van der Waals surface area (Å²) in [5, 5.41) is 1.66. The average molecular weight is 207 g/mol. The summed E-state index contributed by atoms with van der Waals surface area (Å²) in [6.45, 7) is 1.39. The van der Waals surface area contributed by atoms with Crippen molar-refractivity contribution in [3.05, 3.63) is 0 Å². The zero-order valence-electron chi connectivity index (χ0n) is 9.69. The molecule has 0 aromatic carbocycles. The van der Waals surface area contributed by atoms with Gasteiger partial charge in [-0.2, -0.15) is 19.2 Å². The van der Waals surface area contributed by atoms with Crippen LogP contribution >= 0.6 is 0 Å². The van der Waals surface area contributed by atoms with Crippen molar-refractivity contribution < 1.29 is 23.8 Å². The van der Waals surface area contributed by atoms with Crippen LogP contribution in [-0.2, 0) is 14.5 Å². The van der Waals surface area contributed by atoms with Crippen LogP contribution in [0.1, 0.15) is 0 Å². The fourth-order valence-electron chi connectivity index (χ4n) is 0.882. The number of hydrogen-bond acceptors (Lipinski definition) is 4. The molecule has 1 saturated heterocycles. The second kappa shape index (κ2) is 4.09. The first-order valence-corrected chi connectivity index (χ1v) is 4.60. The molecule has 0 aromatic rings. The summed E-state index contributed by atoms with van der Waals surface area (Å²) >= 11 is 0. The lowest BCUT2D eigenvalue weighted by Gasteiger charge is -2.28. The summed E-state index contributed by atoms with van der Waals surface area (Å²) in [5.74, 6) is 0. The Labute approximate surface area is 85.2 Å². The summed E-state index contributed by atoms with van der Waals surface area (Å²) in [5.41, 5.74) is 0. The van der Waals surface area contributed by atoms with Gasteiger partial charge in [-0.25, -0.2) is 4.84 Å². The molecule has 0 bridgehead atoms. The van der Waals surface area contributed by atoms with Gasteiger partial charge in [-0.15, -0.1) is 4.84 Å². The van der Waals surface area contributed by atoms with Crippen LogP contribution in [-0.4, -0.2) is 69.8 Å². The number of quaternary nitrogens is 2. The van der Waals surface area contributed by atoms with Crippen LogP contribution in [0.15, 0.2) is 0 Å². The SMILES string of the molecule is CN1CO[N+](C)(C)CO[N+](C)(C)CO1. The van der Waals surface area contributed by atoms with Crippen molar-refractivity contribution in [2.24, 2.45) is 0 Å². The molecular formula is C8H21N3O3+2. The van der Waals surface area contributed by atoms with Gasteiger partial charge in [0.05, 0.1) is 0 Å². The minimum absolute atomic E-state index is 0.357. The Kier molecular flexibility index (Phi) is 3.46. The van der Waals surface area contributed by atoms with E-state index in [9.17, 15) is 0 Å². The van der Waals surface area contributed by atoms with Gasteiger partial charge in [0.15, 0.2) is 6.73 Å². The maximum absolute atomic E-state index is 5.65. The Hall–Kier alpha value is -0.240. The van der Waals surface area contributed by atoms with Gasteiger partial charge in [-0.05, 0) is 0 Å². The van der Waals surface area contributed by atoms with Crippen molar-refractivity contribution in [1.29, 1.82) is 0 Å². The molecule has 0 atom stereocenters. The van der Waals surface area contributed by atoms with Crippen molar-refractivity contribution in [3.63, 3.8) is 0 Å². The van der Waals surface area contributed by atoms with Crippen molar-refractivity contribution in [2.75, 3.05) is 55.4 Å². The molecule has 0 aliphatic carbocycles. The van der Waals surface area contributed by atoms with Crippen molar-refractivity contribution in [1.82, 2.24) is 5.06 Å².